The number of ketones is 1. The summed E-state index contributed by atoms with van der Waals surface area (Å²) in [6, 6.07) is 0. The minimum absolute atomic E-state index is 0.0775. The van der Waals surface area contributed by atoms with Crippen molar-refractivity contribution >= 4 is 12.1 Å². The summed E-state index contributed by atoms with van der Waals surface area (Å²) in [6.07, 6.45) is 3.37. The van der Waals surface area contributed by atoms with Crippen LogP contribution in [0.1, 0.15) is 33.1 Å². The van der Waals surface area contributed by atoms with Crippen molar-refractivity contribution in [3.05, 3.63) is 0 Å². The van der Waals surface area contributed by atoms with Gasteiger partial charge >= 0.3 is 0 Å². The fourth-order valence-corrected chi connectivity index (χ4v) is 2.99. The zero-order valence-electron chi connectivity index (χ0n) is 7.59. The number of carbonyl (C=O) groups excluding carboxylic acids is 2. The van der Waals surface area contributed by atoms with Crippen LogP contribution in [-0.2, 0) is 9.59 Å². The highest BCUT2D eigenvalue weighted by molar-refractivity contribution is 6.02. The molecule has 0 unspecified atom stereocenters. The van der Waals surface area contributed by atoms with E-state index in [1.165, 1.54) is 0 Å². The molecule has 0 radical (unpaired) electrons. The van der Waals surface area contributed by atoms with Gasteiger partial charge in [0.1, 0.15) is 12.1 Å². The van der Waals surface area contributed by atoms with E-state index in [1.54, 1.807) is 0 Å². The number of carbonyl (C=O) groups is 2. The van der Waals surface area contributed by atoms with Crippen molar-refractivity contribution in [2.45, 2.75) is 33.1 Å². The first-order valence-corrected chi connectivity index (χ1v) is 4.54. The van der Waals surface area contributed by atoms with Gasteiger partial charge in [-0.15, -0.1) is 0 Å². The molecule has 2 nitrogen and oxygen atoms in total. The number of hydrogen-bond acceptors (Lipinski definition) is 2. The lowest BCUT2D eigenvalue weighted by Gasteiger charge is -2.30. The van der Waals surface area contributed by atoms with Crippen molar-refractivity contribution in [2.24, 2.45) is 16.7 Å². The molecule has 0 heterocycles. The Morgan fingerprint density at radius 3 is 2.42 bits per heavy atom. The van der Waals surface area contributed by atoms with E-state index in [4.69, 9.17) is 0 Å². The summed E-state index contributed by atoms with van der Waals surface area (Å²) < 4.78 is 0. The summed E-state index contributed by atoms with van der Waals surface area (Å²) in [6.45, 7) is 4.12. The molecule has 0 amide bonds. The Bertz CT molecular complexity index is 255. The van der Waals surface area contributed by atoms with Crippen LogP contribution in [0.5, 0.6) is 0 Å². The molecule has 2 heteroatoms. The van der Waals surface area contributed by atoms with Crippen molar-refractivity contribution < 1.29 is 9.59 Å². The minimum atomic E-state index is -0.613. The number of aldehydes is 1. The molecule has 0 saturated heterocycles. The maximum absolute atomic E-state index is 11.6. The van der Waals surface area contributed by atoms with E-state index in [1.807, 2.05) is 0 Å². The zero-order chi connectivity index (χ0) is 8.98. The Balaban J connectivity index is 2.52. The van der Waals surface area contributed by atoms with Gasteiger partial charge in [-0.05, 0) is 24.2 Å². The van der Waals surface area contributed by atoms with Gasteiger partial charge in [-0.1, -0.05) is 13.8 Å². The summed E-state index contributed by atoms with van der Waals surface area (Å²) in [5.74, 6) is 0.633. The number of hydrogen-bond donors (Lipinski definition) is 0. The van der Waals surface area contributed by atoms with Gasteiger partial charge in [-0.2, -0.15) is 0 Å². The molecule has 0 aromatic rings. The van der Waals surface area contributed by atoms with Crippen molar-refractivity contribution in [1.82, 2.24) is 0 Å². The van der Waals surface area contributed by atoms with E-state index in [-0.39, 0.29) is 11.2 Å². The molecule has 0 aliphatic heterocycles. The third-order valence-corrected chi connectivity index (χ3v) is 4.19. The van der Waals surface area contributed by atoms with Crippen LogP contribution in [0.4, 0.5) is 0 Å². The highest BCUT2D eigenvalue weighted by Gasteiger charge is 2.64. The normalized spacial score (nSPS) is 43.5. The second-order valence-electron chi connectivity index (χ2n) is 4.67. The summed E-state index contributed by atoms with van der Waals surface area (Å²) >= 11 is 0. The van der Waals surface area contributed by atoms with Gasteiger partial charge in [-0.3, -0.25) is 4.79 Å². The highest BCUT2D eigenvalue weighted by Crippen LogP contribution is 2.62. The van der Waals surface area contributed by atoms with Gasteiger partial charge in [0.05, 0.1) is 5.41 Å². The van der Waals surface area contributed by atoms with Gasteiger partial charge in [-0.25, -0.2) is 0 Å². The molecule has 0 aromatic carbocycles. The van der Waals surface area contributed by atoms with Gasteiger partial charge in [0.15, 0.2) is 0 Å². The van der Waals surface area contributed by atoms with E-state index in [2.05, 4.69) is 13.8 Å². The molecular formula is C10H14O2. The zero-order valence-corrected chi connectivity index (χ0v) is 7.59. The fourth-order valence-electron chi connectivity index (χ4n) is 2.99. The molecule has 2 aliphatic carbocycles. The van der Waals surface area contributed by atoms with Crippen LogP contribution >= 0.6 is 0 Å². The molecule has 66 valence electrons. The van der Waals surface area contributed by atoms with Crippen LogP contribution in [0.3, 0.4) is 0 Å². The summed E-state index contributed by atoms with van der Waals surface area (Å²) in [5.41, 5.74) is -0.691. The van der Waals surface area contributed by atoms with Crippen molar-refractivity contribution in [3.63, 3.8) is 0 Å². The molecule has 2 rings (SSSR count). The monoisotopic (exact) mass is 166 g/mol. The number of Topliss-reactive ketones (excluding diaryl/α,β-unsaturated/α-hetero) is 1. The van der Waals surface area contributed by atoms with Crippen LogP contribution in [0.25, 0.3) is 0 Å². The van der Waals surface area contributed by atoms with Crippen LogP contribution in [0.2, 0.25) is 0 Å². The van der Waals surface area contributed by atoms with Crippen molar-refractivity contribution in [2.75, 3.05) is 0 Å². The Morgan fingerprint density at radius 2 is 2.17 bits per heavy atom. The summed E-state index contributed by atoms with van der Waals surface area (Å²) in [5, 5.41) is 0. The molecule has 2 bridgehead atoms. The lowest BCUT2D eigenvalue weighted by atomic mass is 9.70. The largest absolute Gasteiger partial charge is 0.302 e. The minimum Gasteiger partial charge on any atom is -0.302 e. The first kappa shape index (κ1) is 7.96. The Hall–Kier alpha value is -0.660. The maximum Gasteiger partial charge on any atom is 0.146 e. The first-order chi connectivity index (χ1) is 5.54. The van der Waals surface area contributed by atoms with E-state index < -0.39 is 5.41 Å². The quantitative estimate of drug-likeness (QED) is 0.438. The molecule has 2 saturated carbocycles. The molecular weight excluding hydrogens is 152 g/mol. The standard InChI is InChI=1S/C10H14O2/c1-9(2)7-3-4-10(9,6-11)8(12)5-7/h6-7H,3-5H2,1-2H3/t7-,10-/m0/s1. The fraction of sp³-hybridized carbons (Fsp3) is 0.800. The predicted octanol–water partition coefficient (Wildman–Crippen LogP) is 1.58. The molecule has 0 spiro atoms. The average Bonchev–Trinajstić information content (AvgIpc) is 2.36. The van der Waals surface area contributed by atoms with Gasteiger partial charge in [0, 0.05) is 6.42 Å². The lowest BCUT2D eigenvalue weighted by molar-refractivity contribution is -0.136. The van der Waals surface area contributed by atoms with Crippen LogP contribution in [-0.4, -0.2) is 12.1 Å². The maximum atomic E-state index is 11.6. The predicted molar refractivity (Wildman–Crippen MR) is 44.6 cm³/mol. The highest BCUT2D eigenvalue weighted by atomic mass is 16.1. The summed E-state index contributed by atoms with van der Waals surface area (Å²) in [4.78, 5) is 22.6. The Labute approximate surface area is 72.3 Å². The molecule has 0 aromatic heterocycles. The second-order valence-corrected chi connectivity index (χ2v) is 4.67. The van der Waals surface area contributed by atoms with E-state index in [0.717, 1.165) is 19.1 Å². The third-order valence-electron chi connectivity index (χ3n) is 4.19. The molecule has 0 N–H and O–H groups in total. The Kier molecular flexibility index (Phi) is 1.31. The average molecular weight is 166 g/mol. The molecule has 2 fully saturated rings. The van der Waals surface area contributed by atoms with Crippen molar-refractivity contribution in [1.29, 1.82) is 0 Å². The molecule has 2 aliphatic rings. The van der Waals surface area contributed by atoms with Gasteiger partial charge in [0.25, 0.3) is 0 Å². The van der Waals surface area contributed by atoms with Crippen LogP contribution in [0, 0.1) is 16.7 Å². The van der Waals surface area contributed by atoms with E-state index >= 15 is 0 Å². The lowest BCUT2D eigenvalue weighted by Crippen LogP contribution is -2.37. The number of rotatable bonds is 1. The number of fused-ring (bicyclic) bond motifs is 2. The van der Waals surface area contributed by atoms with Crippen LogP contribution < -0.4 is 0 Å². The Morgan fingerprint density at radius 1 is 1.50 bits per heavy atom. The SMILES string of the molecule is CC1(C)[C@H]2CC[C@]1(C=O)C(=O)C2. The first-order valence-electron chi connectivity index (χ1n) is 4.54. The van der Waals surface area contributed by atoms with Gasteiger partial charge < -0.3 is 4.79 Å². The molecule has 12 heavy (non-hydrogen) atoms. The second kappa shape index (κ2) is 1.98. The van der Waals surface area contributed by atoms with Gasteiger partial charge in [0.2, 0.25) is 0 Å². The third kappa shape index (κ3) is 0.584. The van der Waals surface area contributed by atoms with E-state index in [9.17, 15) is 9.59 Å². The topological polar surface area (TPSA) is 34.1 Å². The summed E-state index contributed by atoms with van der Waals surface area (Å²) in [7, 11) is 0. The molecule has 2 atom stereocenters. The van der Waals surface area contributed by atoms with Crippen LogP contribution in [0.15, 0.2) is 0 Å². The van der Waals surface area contributed by atoms with Crippen molar-refractivity contribution in [3.8, 4) is 0 Å². The van der Waals surface area contributed by atoms with E-state index in [0.29, 0.717) is 12.3 Å². The smallest absolute Gasteiger partial charge is 0.146 e.